The molecule has 21 heavy (non-hydrogen) atoms. The molecule has 0 fully saturated rings. The van der Waals surface area contributed by atoms with E-state index >= 15 is 0 Å². The third-order valence-corrected chi connectivity index (χ3v) is 3.71. The average molecular weight is 313 g/mol. The highest BCUT2D eigenvalue weighted by atomic mass is 32.2. The summed E-state index contributed by atoms with van der Waals surface area (Å²) in [5.74, 6) is 0. The van der Waals surface area contributed by atoms with Gasteiger partial charge in [-0.1, -0.05) is 6.07 Å². The van der Waals surface area contributed by atoms with Crippen LogP contribution in [0.4, 0.5) is 13.2 Å². The molecular weight excluding hydrogens is 299 g/mol. The Bertz CT molecular complexity index is 612. The van der Waals surface area contributed by atoms with Gasteiger partial charge in [0, 0.05) is 17.3 Å². The van der Waals surface area contributed by atoms with Crippen LogP contribution in [-0.2, 0) is 12.6 Å². The van der Waals surface area contributed by atoms with Crippen molar-refractivity contribution in [1.82, 2.24) is 9.97 Å². The molecule has 0 aliphatic carbocycles. The number of benzene rings is 1. The van der Waals surface area contributed by atoms with Crippen LogP contribution in [0.3, 0.4) is 0 Å². The Morgan fingerprint density at radius 2 is 1.86 bits per heavy atom. The van der Waals surface area contributed by atoms with Crippen molar-refractivity contribution >= 4 is 11.8 Å². The van der Waals surface area contributed by atoms with Gasteiger partial charge in [0.15, 0.2) is 5.16 Å². The van der Waals surface area contributed by atoms with Gasteiger partial charge in [-0.05, 0) is 54.9 Å². The minimum absolute atomic E-state index is 0.0899. The summed E-state index contributed by atoms with van der Waals surface area (Å²) in [5, 5.41) is 0.290. The van der Waals surface area contributed by atoms with Gasteiger partial charge in [0.25, 0.3) is 0 Å². The molecule has 2 rings (SSSR count). The van der Waals surface area contributed by atoms with Crippen molar-refractivity contribution in [1.29, 1.82) is 0 Å². The molecule has 112 valence electrons. The van der Waals surface area contributed by atoms with Crippen molar-refractivity contribution in [3.05, 3.63) is 47.3 Å². The van der Waals surface area contributed by atoms with E-state index in [-0.39, 0.29) is 10.1 Å². The number of nitrogens with two attached hydrogens (primary N) is 1. The number of halogens is 3. The van der Waals surface area contributed by atoms with Crippen LogP contribution in [0.2, 0.25) is 0 Å². The smallest absolute Gasteiger partial charge is 0.330 e. The van der Waals surface area contributed by atoms with E-state index in [9.17, 15) is 13.2 Å². The zero-order chi connectivity index (χ0) is 15.5. The van der Waals surface area contributed by atoms with Gasteiger partial charge in [-0.15, -0.1) is 0 Å². The number of aryl methyl sites for hydroxylation is 1. The molecule has 3 nitrogen and oxygen atoms in total. The lowest BCUT2D eigenvalue weighted by molar-refractivity contribution is -0.139. The number of hydrogen-bond donors (Lipinski definition) is 1. The lowest BCUT2D eigenvalue weighted by atomic mass is 10.1. The third-order valence-electron chi connectivity index (χ3n) is 2.74. The predicted molar refractivity (Wildman–Crippen MR) is 75.1 cm³/mol. The Balaban J connectivity index is 2.35. The molecule has 0 aliphatic rings. The maximum absolute atomic E-state index is 13.2. The molecular formula is C14H14F3N3S. The molecule has 0 radical (unpaired) electrons. The van der Waals surface area contributed by atoms with Gasteiger partial charge in [0.2, 0.25) is 0 Å². The minimum atomic E-state index is -4.42. The van der Waals surface area contributed by atoms with Crippen molar-refractivity contribution in [2.75, 3.05) is 6.54 Å². The van der Waals surface area contributed by atoms with E-state index in [0.717, 1.165) is 23.4 Å². The summed E-state index contributed by atoms with van der Waals surface area (Å²) in [7, 11) is 0. The lowest BCUT2D eigenvalue weighted by Crippen LogP contribution is -2.09. The maximum Gasteiger partial charge on any atom is 0.417 e. The van der Waals surface area contributed by atoms with Crippen LogP contribution in [0.25, 0.3) is 0 Å². The number of alkyl halides is 3. The van der Waals surface area contributed by atoms with Crippen molar-refractivity contribution in [2.24, 2.45) is 5.73 Å². The van der Waals surface area contributed by atoms with E-state index in [1.807, 2.05) is 6.92 Å². The van der Waals surface area contributed by atoms with Crippen molar-refractivity contribution in [2.45, 2.75) is 29.6 Å². The highest BCUT2D eigenvalue weighted by Crippen LogP contribution is 2.39. The third kappa shape index (κ3) is 4.18. The first-order chi connectivity index (χ1) is 9.90. The summed E-state index contributed by atoms with van der Waals surface area (Å²) in [6.45, 7) is 2.13. The van der Waals surface area contributed by atoms with Crippen LogP contribution in [0, 0.1) is 6.92 Å². The van der Waals surface area contributed by atoms with Gasteiger partial charge in [0.1, 0.15) is 0 Å². The molecule has 7 heteroatoms. The zero-order valence-corrected chi connectivity index (χ0v) is 12.1. The van der Waals surface area contributed by atoms with Crippen molar-refractivity contribution < 1.29 is 13.2 Å². The summed E-state index contributed by atoms with van der Waals surface area (Å²) in [5.41, 5.74) is 6.13. The predicted octanol–water partition coefficient (Wildman–Crippen LogP) is 3.46. The summed E-state index contributed by atoms with van der Waals surface area (Å²) in [6, 6.07) is 4.24. The van der Waals surface area contributed by atoms with E-state index in [1.165, 1.54) is 6.07 Å². The monoisotopic (exact) mass is 313 g/mol. The average Bonchev–Trinajstić information content (AvgIpc) is 2.42. The number of nitrogens with zero attached hydrogens (tertiary/aromatic N) is 2. The van der Waals surface area contributed by atoms with Crippen LogP contribution in [0.15, 0.2) is 40.6 Å². The Morgan fingerprint density at radius 1 is 1.19 bits per heavy atom. The fourth-order valence-corrected chi connectivity index (χ4v) is 2.57. The zero-order valence-electron chi connectivity index (χ0n) is 11.3. The van der Waals surface area contributed by atoms with Gasteiger partial charge in [-0.3, -0.25) is 0 Å². The fourth-order valence-electron chi connectivity index (χ4n) is 1.74. The highest BCUT2D eigenvalue weighted by molar-refractivity contribution is 7.99. The largest absolute Gasteiger partial charge is 0.417 e. The van der Waals surface area contributed by atoms with Gasteiger partial charge in [-0.2, -0.15) is 13.2 Å². The molecule has 1 heterocycles. The Morgan fingerprint density at radius 3 is 2.43 bits per heavy atom. The standard InChI is InChI=1S/C14H14F3N3S/c1-9-7-19-13(20-8-9)21-12-3-2-10(4-5-18)6-11(12)14(15,16)17/h2-3,6-8H,4-5,18H2,1H3. The topological polar surface area (TPSA) is 51.8 Å². The molecule has 0 amide bonds. The molecule has 1 aromatic carbocycles. The van der Waals surface area contributed by atoms with E-state index in [2.05, 4.69) is 9.97 Å². The van der Waals surface area contributed by atoms with Gasteiger partial charge < -0.3 is 5.73 Å². The van der Waals surface area contributed by atoms with Gasteiger partial charge >= 0.3 is 6.18 Å². The minimum Gasteiger partial charge on any atom is -0.330 e. The maximum atomic E-state index is 13.2. The second kappa shape index (κ2) is 6.44. The molecule has 0 bridgehead atoms. The molecule has 0 spiro atoms. The SMILES string of the molecule is Cc1cnc(Sc2ccc(CCN)cc2C(F)(F)F)nc1. The van der Waals surface area contributed by atoms with Crippen LogP contribution in [-0.4, -0.2) is 16.5 Å². The summed E-state index contributed by atoms with van der Waals surface area (Å²) >= 11 is 0.903. The van der Waals surface area contributed by atoms with Gasteiger partial charge in [0.05, 0.1) is 5.56 Å². The summed E-state index contributed by atoms with van der Waals surface area (Å²) < 4.78 is 39.5. The summed E-state index contributed by atoms with van der Waals surface area (Å²) in [6.07, 6.45) is -0.858. The van der Waals surface area contributed by atoms with Crippen LogP contribution >= 0.6 is 11.8 Å². The molecule has 0 saturated carbocycles. The van der Waals surface area contributed by atoms with Crippen molar-refractivity contribution in [3.8, 4) is 0 Å². The molecule has 2 aromatic rings. The molecule has 0 saturated heterocycles. The lowest BCUT2D eigenvalue weighted by Gasteiger charge is -2.13. The van der Waals surface area contributed by atoms with E-state index in [4.69, 9.17) is 5.73 Å². The van der Waals surface area contributed by atoms with Crippen LogP contribution in [0.5, 0.6) is 0 Å². The normalized spacial score (nSPS) is 11.7. The fraction of sp³-hybridized carbons (Fsp3) is 0.286. The number of rotatable bonds is 4. The number of aromatic nitrogens is 2. The second-order valence-electron chi connectivity index (χ2n) is 4.51. The number of hydrogen-bond acceptors (Lipinski definition) is 4. The first-order valence-corrected chi connectivity index (χ1v) is 7.08. The first kappa shape index (κ1) is 15.8. The van der Waals surface area contributed by atoms with E-state index in [0.29, 0.717) is 18.5 Å². The molecule has 1 aromatic heterocycles. The van der Waals surface area contributed by atoms with E-state index in [1.54, 1.807) is 18.5 Å². The van der Waals surface area contributed by atoms with Crippen molar-refractivity contribution in [3.63, 3.8) is 0 Å². The summed E-state index contributed by atoms with van der Waals surface area (Å²) in [4.78, 5) is 8.13. The molecule has 0 atom stereocenters. The first-order valence-electron chi connectivity index (χ1n) is 6.27. The quantitative estimate of drug-likeness (QED) is 0.878. The van der Waals surface area contributed by atoms with Gasteiger partial charge in [-0.25, -0.2) is 9.97 Å². The van der Waals surface area contributed by atoms with Crippen LogP contribution in [0.1, 0.15) is 16.7 Å². The van der Waals surface area contributed by atoms with Crippen LogP contribution < -0.4 is 5.73 Å². The Hall–Kier alpha value is -1.60. The molecule has 2 N–H and O–H groups in total. The van der Waals surface area contributed by atoms with E-state index < -0.39 is 11.7 Å². The Labute approximate surface area is 124 Å². The molecule has 0 unspecified atom stereocenters. The molecule has 0 aliphatic heterocycles. The Kier molecular flexibility index (Phi) is 4.84. The second-order valence-corrected chi connectivity index (χ2v) is 5.52. The highest BCUT2D eigenvalue weighted by Gasteiger charge is 2.34.